The fourth-order valence-electron chi connectivity index (χ4n) is 2.67. The highest BCUT2D eigenvalue weighted by Gasteiger charge is 2.17. The fourth-order valence-corrected chi connectivity index (χ4v) is 2.67. The molecule has 0 spiro atoms. The Bertz CT molecular complexity index is 186. The molecule has 1 N–H and O–H groups in total. The third kappa shape index (κ3) is 5.23. The summed E-state index contributed by atoms with van der Waals surface area (Å²) in [4.78, 5) is 0. The number of terminal acetylenes is 1. The van der Waals surface area contributed by atoms with Crippen LogP contribution in [0, 0.1) is 18.3 Å². The molecule has 1 aliphatic rings. The number of hydrogen-bond donors (Lipinski definition) is 1. The molecular weight excluding hydrogens is 182 g/mol. The number of hydrogen-bond acceptors (Lipinski definition) is 1. The van der Waals surface area contributed by atoms with Gasteiger partial charge in [0.1, 0.15) is 0 Å². The Morgan fingerprint density at radius 1 is 1.33 bits per heavy atom. The molecule has 1 nitrogen and oxygen atoms in total. The van der Waals surface area contributed by atoms with Crippen molar-refractivity contribution >= 4 is 0 Å². The van der Waals surface area contributed by atoms with Crippen LogP contribution in [0.3, 0.4) is 0 Å². The van der Waals surface area contributed by atoms with Gasteiger partial charge in [0, 0.05) is 12.5 Å². The maximum atomic E-state index is 5.33. The van der Waals surface area contributed by atoms with Crippen LogP contribution in [-0.2, 0) is 0 Å². The topological polar surface area (TPSA) is 12.0 Å². The van der Waals surface area contributed by atoms with Gasteiger partial charge in [-0.25, -0.2) is 0 Å². The summed E-state index contributed by atoms with van der Waals surface area (Å²) in [5, 5.41) is 3.57. The van der Waals surface area contributed by atoms with Gasteiger partial charge < -0.3 is 5.32 Å². The second kappa shape index (κ2) is 7.77. The van der Waals surface area contributed by atoms with Gasteiger partial charge >= 0.3 is 0 Å². The predicted molar refractivity (Wildman–Crippen MR) is 66.7 cm³/mol. The monoisotopic (exact) mass is 207 g/mol. The molecule has 0 heterocycles. The SMILES string of the molecule is C#CCCC(CC1CCCCC1)NCC. The van der Waals surface area contributed by atoms with Crippen LogP contribution < -0.4 is 5.32 Å². The molecule has 0 aromatic rings. The van der Waals surface area contributed by atoms with Crippen LogP contribution in [0.5, 0.6) is 0 Å². The van der Waals surface area contributed by atoms with Gasteiger partial charge in [0.15, 0.2) is 0 Å². The molecule has 1 atom stereocenters. The molecule has 1 saturated carbocycles. The van der Waals surface area contributed by atoms with E-state index in [0.29, 0.717) is 6.04 Å². The first-order valence-corrected chi connectivity index (χ1v) is 6.53. The second-order valence-corrected chi connectivity index (χ2v) is 4.74. The largest absolute Gasteiger partial charge is 0.314 e. The van der Waals surface area contributed by atoms with Gasteiger partial charge in [-0.15, -0.1) is 12.3 Å². The maximum Gasteiger partial charge on any atom is 0.0101 e. The van der Waals surface area contributed by atoms with E-state index in [0.717, 1.165) is 25.3 Å². The standard InChI is InChI=1S/C14H25N/c1-3-5-11-14(15-4-2)12-13-9-7-6-8-10-13/h1,13-15H,4-12H2,2H3. The van der Waals surface area contributed by atoms with Crippen molar-refractivity contribution in [3.05, 3.63) is 0 Å². The highest BCUT2D eigenvalue weighted by atomic mass is 14.9. The lowest BCUT2D eigenvalue weighted by molar-refractivity contribution is 0.294. The molecule has 0 bridgehead atoms. The molecule has 1 aliphatic carbocycles. The van der Waals surface area contributed by atoms with Crippen molar-refractivity contribution in [1.82, 2.24) is 5.32 Å². The maximum absolute atomic E-state index is 5.33. The van der Waals surface area contributed by atoms with E-state index in [2.05, 4.69) is 18.2 Å². The lowest BCUT2D eigenvalue weighted by atomic mass is 9.84. The van der Waals surface area contributed by atoms with Crippen molar-refractivity contribution < 1.29 is 0 Å². The quantitative estimate of drug-likeness (QED) is 0.659. The number of nitrogens with one attached hydrogen (secondary N) is 1. The first kappa shape index (κ1) is 12.6. The molecule has 0 aromatic carbocycles. The minimum Gasteiger partial charge on any atom is -0.314 e. The summed E-state index contributed by atoms with van der Waals surface area (Å²) in [5.74, 6) is 3.71. The first-order valence-electron chi connectivity index (χ1n) is 6.53. The summed E-state index contributed by atoms with van der Waals surface area (Å²) in [7, 11) is 0. The summed E-state index contributed by atoms with van der Waals surface area (Å²) in [6, 6.07) is 0.661. The fraction of sp³-hybridized carbons (Fsp3) is 0.857. The lowest BCUT2D eigenvalue weighted by Gasteiger charge is -2.26. The van der Waals surface area contributed by atoms with E-state index >= 15 is 0 Å². The molecule has 0 amide bonds. The van der Waals surface area contributed by atoms with Crippen molar-refractivity contribution in [2.45, 2.75) is 64.3 Å². The van der Waals surface area contributed by atoms with Gasteiger partial charge in [-0.2, -0.15) is 0 Å². The van der Waals surface area contributed by atoms with E-state index in [-0.39, 0.29) is 0 Å². The van der Waals surface area contributed by atoms with Gasteiger partial charge in [-0.3, -0.25) is 0 Å². The summed E-state index contributed by atoms with van der Waals surface area (Å²) in [6.45, 7) is 3.26. The van der Waals surface area contributed by atoms with Crippen molar-refractivity contribution in [2.24, 2.45) is 5.92 Å². The molecular formula is C14H25N. The van der Waals surface area contributed by atoms with Crippen LogP contribution in [0.2, 0.25) is 0 Å². The van der Waals surface area contributed by atoms with E-state index in [9.17, 15) is 0 Å². The predicted octanol–water partition coefficient (Wildman–Crippen LogP) is 3.35. The summed E-state index contributed by atoms with van der Waals surface area (Å²) < 4.78 is 0. The number of rotatable bonds is 6. The summed E-state index contributed by atoms with van der Waals surface area (Å²) in [6.07, 6.45) is 16.0. The Kier molecular flexibility index (Phi) is 6.52. The third-order valence-corrected chi connectivity index (χ3v) is 3.47. The van der Waals surface area contributed by atoms with E-state index < -0.39 is 0 Å². The van der Waals surface area contributed by atoms with Crippen LogP contribution in [0.1, 0.15) is 58.3 Å². The van der Waals surface area contributed by atoms with Crippen LogP contribution >= 0.6 is 0 Å². The minimum atomic E-state index is 0.661. The van der Waals surface area contributed by atoms with E-state index in [4.69, 9.17) is 6.42 Å². The van der Waals surface area contributed by atoms with E-state index in [1.165, 1.54) is 38.5 Å². The molecule has 0 saturated heterocycles. The zero-order valence-corrected chi connectivity index (χ0v) is 10.1. The minimum absolute atomic E-state index is 0.661. The Labute approximate surface area is 95.0 Å². The third-order valence-electron chi connectivity index (χ3n) is 3.47. The van der Waals surface area contributed by atoms with Crippen LogP contribution in [0.4, 0.5) is 0 Å². The van der Waals surface area contributed by atoms with Crippen molar-refractivity contribution in [3.8, 4) is 12.3 Å². The molecule has 1 heteroatoms. The first-order chi connectivity index (χ1) is 7.36. The zero-order valence-electron chi connectivity index (χ0n) is 10.1. The van der Waals surface area contributed by atoms with Crippen molar-refractivity contribution in [1.29, 1.82) is 0 Å². The average molecular weight is 207 g/mol. The smallest absolute Gasteiger partial charge is 0.0101 e. The molecule has 15 heavy (non-hydrogen) atoms. The molecule has 86 valence electrons. The van der Waals surface area contributed by atoms with Gasteiger partial charge in [0.05, 0.1) is 0 Å². The van der Waals surface area contributed by atoms with Crippen molar-refractivity contribution in [3.63, 3.8) is 0 Å². The van der Waals surface area contributed by atoms with E-state index in [1.807, 2.05) is 0 Å². The lowest BCUT2D eigenvalue weighted by Crippen LogP contribution is -2.31. The summed E-state index contributed by atoms with van der Waals surface area (Å²) >= 11 is 0. The molecule has 0 radical (unpaired) electrons. The van der Waals surface area contributed by atoms with E-state index in [1.54, 1.807) is 0 Å². The molecule has 0 aromatic heterocycles. The van der Waals surface area contributed by atoms with Crippen molar-refractivity contribution in [2.75, 3.05) is 6.54 Å². The molecule has 1 rings (SSSR count). The summed E-state index contributed by atoms with van der Waals surface area (Å²) in [5.41, 5.74) is 0. The van der Waals surface area contributed by atoms with Gasteiger partial charge in [-0.05, 0) is 25.3 Å². The van der Waals surface area contributed by atoms with Crippen LogP contribution in [0.25, 0.3) is 0 Å². The Hall–Kier alpha value is -0.480. The van der Waals surface area contributed by atoms with Gasteiger partial charge in [-0.1, -0.05) is 39.0 Å². The van der Waals surface area contributed by atoms with Gasteiger partial charge in [0.25, 0.3) is 0 Å². The highest BCUT2D eigenvalue weighted by Crippen LogP contribution is 2.28. The molecule has 1 fully saturated rings. The highest BCUT2D eigenvalue weighted by molar-refractivity contribution is 4.86. The Balaban J connectivity index is 2.25. The van der Waals surface area contributed by atoms with Crippen LogP contribution in [-0.4, -0.2) is 12.6 Å². The van der Waals surface area contributed by atoms with Gasteiger partial charge in [0.2, 0.25) is 0 Å². The average Bonchev–Trinajstić information content (AvgIpc) is 2.28. The Morgan fingerprint density at radius 2 is 2.07 bits per heavy atom. The second-order valence-electron chi connectivity index (χ2n) is 4.74. The molecule has 0 aliphatic heterocycles. The zero-order chi connectivity index (χ0) is 10.9. The normalized spacial score (nSPS) is 19.7. The van der Waals surface area contributed by atoms with Crippen LogP contribution in [0.15, 0.2) is 0 Å². The molecule has 1 unspecified atom stereocenters. The Morgan fingerprint density at radius 3 is 2.67 bits per heavy atom.